The number of fused-ring (bicyclic) bond motifs is 4. The van der Waals surface area contributed by atoms with Crippen LogP contribution in [0.15, 0.2) is 54.8 Å². The average Bonchev–Trinajstić information content (AvgIpc) is 3.33. The van der Waals surface area contributed by atoms with Gasteiger partial charge >= 0.3 is 18.1 Å². The van der Waals surface area contributed by atoms with Gasteiger partial charge in [0, 0.05) is 17.9 Å². The number of hydrogen-bond donors (Lipinski definition) is 1. The molecule has 0 spiro atoms. The number of carbonyl (C=O) groups excluding carboxylic acids is 4. The van der Waals surface area contributed by atoms with Crippen molar-refractivity contribution in [3.8, 4) is 5.75 Å². The van der Waals surface area contributed by atoms with Gasteiger partial charge in [0.1, 0.15) is 76.6 Å². The van der Waals surface area contributed by atoms with Crippen molar-refractivity contribution in [2.24, 2.45) is 17.7 Å². The Balaban J connectivity index is 1.19. The lowest BCUT2D eigenvalue weighted by atomic mass is 9.77. The summed E-state index contributed by atoms with van der Waals surface area (Å²) in [7, 11) is 0. The largest absolute Gasteiger partial charge is 0.508 e. The Labute approximate surface area is 300 Å². The molecule has 0 aromatic heterocycles. The van der Waals surface area contributed by atoms with E-state index in [1.165, 1.54) is 22.6 Å². The zero-order valence-electron chi connectivity index (χ0n) is 28.3. The van der Waals surface area contributed by atoms with Crippen LogP contribution in [0.25, 0.3) is 0 Å². The average molecular weight is 795 g/mol. The molecule has 5 aliphatic heterocycles. The number of quaternary nitrogens is 2. The van der Waals surface area contributed by atoms with Crippen LogP contribution in [-0.2, 0) is 39.9 Å². The van der Waals surface area contributed by atoms with Gasteiger partial charge in [-0.1, -0.05) is 38.3 Å². The lowest BCUT2D eigenvalue weighted by molar-refractivity contribution is -1.08. The Hall–Kier alpha value is -3.47. The van der Waals surface area contributed by atoms with E-state index in [-0.39, 0.29) is 43.3 Å². The van der Waals surface area contributed by atoms with E-state index < -0.39 is 30.2 Å². The van der Waals surface area contributed by atoms with Crippen molar-refractivity contribution in [2.45, 2.75) is 38.8 Å². The van der Waals surface area contributed by atoms with Crippen LogP contribution in [0.3, 0.4) is 0 Å². The van der Waals surface area contributed by atoms with E-state index in [1.54, 1.807) is 6.92 Å². The molecule has 6 rings (SSSR count). The van der Waals surface area contributed by atoms with Crippen LogP contribution in [0, 0.1) is 15.4 Å². The summed E-state index contributed by atoms with van der Waals surface area (Å²) in [5.41, 5.74) is 2.04. The summed E-state index contributed by atoms with van der Waals surface area (Å²) in [6.45, 7) is 18.4. The van der Waals surface area contributed by atoms with Crippen molar-refractivity contribution in [2.75, 3.05) is 72.2 Å². The van der Waals surface area contributed by atoms with E-state index in [0.717, 1.165) is 71.2 Å². The van der Waals surface area contributed by atoms with Crippen LogP contribution in [0.2, 0.25) is 0 Å². The van der Waals surface area contributed by atoms with Gasteiger partial charge in [0.15, 0.2) is 6.54 Å². The summed E-state index contributed by atoms with van der Waals surface area (Å²) in [5, 5.41) is 0. The summed E-state index contributed by atoms with van der Waals surface area (Å²) in [6.07, 6.45) is 3.25. The second-order valence-corrected chi connectivity index (χ2v) is 14.7. The Bertz CT molecular complexity index is 1490. The van der Waals surface area contributed by atoms with Crippen LogP contribution >= 0.6 is 22.6 Å². The highest BCUT2D eigenvalue weighted by molar-refractivity contribution is 14.1. The smallest absolute Gasteiger partial charge is 0.488 e. The Kier molecular flexibility index (Phi) is 11.7. The number of benzene rings is 1. The fourth-order valence-corrected chi connectivity index (χ4v) is 8.55. The summed E-state index contributed by atoms with van der Waals surface area (Å²) in [5.74, 6) is 3.59. The van der Waals surface area contributed by atoms with Crippen LogP contribution in [0.4, 0.5) is 4.79 Å². The maximum atomic E-state index is 13.4. The van der Waals surface area contributed by atoms with Crippen molar-refractivity contribution in [3.05, 3.63) is 63.9 Å². The van der Waals surface area contributed by atoms with E-state index in [9.17, 15) is 19.2 Å². The molecule has 2 unspecified atom stereocenters. The number of amides is 1. The van der Waals surface area contributed by atoms with Crippen molar-refractivity contribution in [1.29, 1.82) is 0 Å². The van der Waals surface area contributed by atoms with Crippen molar-refractivity contribution in [3.63, 3.8) is 0 Å². The number of piperazine rings is 3. The van der Waals surface area contributed by atoms with Crippen molar-refractivity contribution in [1.82, 2.24) is 4.90 Å². The highest BCUT2D eigenvalue weighted by Crippen LogP contribution is 2.48. The van der Waals surface area contributed by atoms with Gasteiger partial charge in [0.2, 0.25) is 5.91 Å². The maximum absolute atomic E-state index is 13.4. The van der Waals surface area contributed by atoms with Crippen LogP contribution in [-0.4, -0.2) is 122 Å². The predicted octanol–water partition coefficient (Wildman–Crippen LogP) is 2.87. The number of hydrogen-bond acceptors (Lipinski definition) is 10. The molecule has 14 heteroatoms. The normalized spacial score (nSPS) is 27.5. The summed E-state index contributed by atoms with van der Waals surface area (Å²) < 4.78 is 24.8. The standard InChI is InChI=1S/C35H47IN4O9/c1-5-18-45-34(43)32-26(23(3)31-30(33(42)38(31)32)24(4)48-35(44)46-19-6-2)22-47-28-10-9-25(20-27(28)36)8-7-11-39-12-15-40(16-13-39,17-14-39)21-29(41)49-37/h5-6,9-10,20,23-24,30-31H,1-2,7-8,11-19,21-22,37H2,3-4H3/q+2/t23?,24?,30-,31-,39?,40?/m1/s1. The first-order valence-corrected chi connectivity index (χ1v) is 17.8. The Morgan fingerprint density at radius 3 is 2.35 bits per heavy atom. The van der Waals surface area contributed by atoms with Crippen LogP contribution < -0.4 is 10.6 Å². The minimum Gasteiger partial charge on any atom is -0.488 e. The molecule has 5 aliphatic rings. The number of esters is 1. The van der Waals surface area contributed by atoms with Gasteiger partial charge in [-0.3, -0.25) is 4.79 Å². The van der Waals surface area contributed by atoms with E-state index in [2.05, 4.69) is 52.7 Å². The molecule has 0 radical (unpaired) electrons. The van der Waals surface area contributed by atoms with Gasteiger partial charge in [0.05, 0.1) is 22.1 Å². The third-order valence-electron chi connectivity index (χ3n) is 10.6. The lowest BCUT2D eigenvalue weighted by Gasteiger charge is -2.55. The summed E-state index contributed by atoms with van der Waals surface area (Å²) in [6, 6.07) is 5.76. The third-order valence-corrected chi connectivity index (χ3v) is 11.5. The highest BCUT2D eigenvalue weighted by Gasteiger charge is 2.61. The molecule has 1 aromatic carbocycles. The van der Waals surface area contributed by atoms with Gasteiger partial charge in [0.25, 0.3) is 0 Å². The fourth-order valence-electron chi connectivity index (χ4n) is 7.82. The Morgan fingerprint density at radius 2 is 1.71 bits per heavy atom. The number of halogens is 1. The van der Waals surface area contributed by atoms with E-state index in [0.29, 0.717) is 17.9 Å². The molecule has 266 valence electrons. The number of rotatable bonds is 16. The van der Waals surface area contributed by atoms with Crippen LogP contribution in [0.1, 0.15) is 25.8 Å². The molecular weight excluding hydrogens is 747 g/mol. The molecule has 0 saturated carbocycles. The molecule has 0 aliphatic carbocycles. The van der Waals surface area contributed by atoms with Gasteiger partial charge in [-0.2, -0.15) is 5.90 Å². The fraction of sp³-hybridized carbons (Fsp3) is 0.543. The van der Waals surface area contributed by atoms with Gasteiger partial charge in [-0.05, 0) is 53.6 Å². The molecular formula is C35H47IN4O9+2. The predicted molar refractivity (Wildman–Crippen MR) is 186 cm³/mol. The number of nitrogens with two attached hydrogens (primary N) is 1. The number of carbonyl (C=O) groups is 4. The summed E-state index contributed by atoms with van der Waals surface area (Å²) in [4.78, 5) is 56.4. The summed E-state index contributed by atoms with van der Waals surface area (Å²) >= 11 is 2.27. The second kappa shape index (κ2) is 15.6. The van der Waals surface area contributed by atoms with Crippen molar-refractivity contribution < 1.29 is 51.9 Å². The topological polar surface area (TPSA) is 144 Å². The quantitative estimate of drug-likeness (QED) is 0.0663. The van der Waals surface area contributed by atoms with Gasteiger partial charge in [-0.25, -0.2) is 14.4 Å². The highest BCUT2D eigenvalue weighted by atomic mass is 127. The zero-order valence-corrected chi connectivity index (χ0v) is 30.4. The first-order valence-electron chi connectivity index (χ1n) is 16.8. The molecule has 4 fully saturated rings. The molecule has 1 aromatic rings. The SMILES string of the molecule is C=CCOC(=O)OC(C)[C@H]1C(=O)N2C(C(=O)OCC=C)=C(COc3ccc(CCC[N+]45CC[N+](CC(=O)ON)(CC4)CC5)cc3I)C(C)[C@H]12. The minimum absolute atomic E-state index is 0.000225. The molecule has 1 amide bonds. The van der Waals surface area contributed by atoms with E-state index in [1.807, 2.05) is 13.0 Å². The molecule has 4 atom stereocenters. The number of nitrogens with zero attached hydrogens (tertiary/aromatic N) is 3. The number of aryl methyl sites for hydroxylation is 1. The van der Waals surface area contributed by atoms with Gasteiger partial charge < -0.3 is 37.7 Å². The lowest BCUT2D eigenvalue weighted by Crippen LogP contribution is -2.75. The maximum Gasteiger partial charge on any atom is 0.508 e. The number of ether oxygens (including phenoxy) is 4. The first-order chi connectivity index (χ1) is 23.5. The van der Waals surface area contributed by atoms with Crippen LogP contribution in [0.5, 0.6) is 5.75 Å². The molecule has 2 N–H and O–H groups in total. The molecule has 2 bridgehead atoms. The molecule has 13 nitrogen and oxygen atoms in total. The second-order valence-electron chi connectivity index (χ2n) is 13.5. The first kappa shape index (κ1) is 36.8. The van der Waals surface area contributed by atoms with Crippen molar-refractivity contribution >= 4 is 46.6 Å². The Morgan fingerprint density at radius 1 is 1.06 bits per heavy atom. The molecule has 5 heterocycles. The minimum atomic E-state index is -0.884. The molecule has 49 heavy (non-hydrogen) atoms. The van der Waals surface area contributed by atoms with Gasteiger partial charge in [-0.15, -0.1) is 0 Å². The third kappa shape index (κ3) is 7.81. The monoisotopic (exact) mass is 794 g/mol. The number of β-lactam (4-membered cyclic amide) rings is 1. The van der Waals surface area contributed by atoms with E-state index in [4.69, 9.17) is 24.8 Å². The molecule has 4 saturated heterocycles. The van der Waals surface area contributed by atoms with E-state index >= 15 is 0 Å². The zero-order chi connectivity index (χ0) is 35.3.